The van der Waals surface area contributed by atoms with Gasteiger partial charge in [0, 0.05) is 44.0 Å². The minimum atomic E-state index is -3.09. The third-order valence-corrected chi connectivity index (χ3v) is 6.39. The number of pyridine rings is 1. The number of alkyl halides is 2. The van der Waals surface area contributed by atoms with Crippen molar-refractivity contribution < 1.29 is 51.1 Å². The second-order valence-corrected chi connectivity index (χ2v) is 9.27. The number of nitrogens with zero attached hydrogens (tertiary/aromatic N) is 3. The third kappa shape index (κ3) is 7.18. The fourth-order valence-corrected chi connectivity index (χ4v) is 4.37. The van der Waals surface area contributed by atoms with Gasteiger partial charge < -0.3 is 34.1 Å². The highest BCUT2D eigenvalue weighted by atomic mass is 19.3. The van der Waals surface area contributed by atoms with Crippen molar-refractivity contribution in [2.24, 2.45) is 7.05 Å². The Balaban J connectivity index is 1.89. The van der Waals surface area contributed by atoms with Crippen molar-refractivity contribution in [3.05, 3.63) is 76.1 Å². The van der Waals surface area contributed by atoms with E-state index in [0.29, 0.717) is 0 Å². The lowest BCUT2D eigenvalue weighted by atomic mass is 10.1. The second kappa shape index (κ2) is 14.1. The van der Waals surface area contributed by atoms with Gasteiger partial charge in [-0.3, -0.25) is 14.3 Å². The number of benzene rings is 2. The molecule has 0 spiro atoms. The monoisotopic (exact) mass is 636 g/mol. The molecule has 0 aliphatic rings. The number of hydrogen-bond acceptors (Lipinski definition) is 9. The quantitative estimate of drug-likeness (QED) is 0.210. The van der Waals surface area contributed by atoms with Crippen LogP contribution in [0.1, 0.15) is 10.4 Å². The first-order valence-corrected chi connectivity index (χ1v) is 13.1. The number of ether oxygens (including phenoxy) is 5. The smallest absolute Gasteiger partial charge is 0.387 e. The molecule has 2 N–H and O–H groups in total. The van der Waals surface area contributed by atoms with E-state index in [9.17, 15) is 23.5 Å². The van der Waals surface area contributed by atoms with Crippen LogP contribution in [-0.2, 0) is 11.8 Å². The normalized spacial score (nSPS) is 11.8. The molecule has 240 valence electrons. The van der Waals surface area contributed by atoms with E-state index in [0.717, 1.165) is 45.8 Å². The Bertz CT molecular complexity index is 1700. The highest BCUT2D eigenvalue weighted by molar-refractivity contribution is 6.06. The lowest BCUT2D eigenvalue weighted by Gasteiger charge is -2.17. The van der Waals surface area contributed by atoms with Gasteiger partial charge in [0.05, 0.1) is 33.0 Å². The van der Waals surface area contributed by atoms with Crippen LogP contribution >= 0.6 is 0 Å². The molecule has 4 rings (SSSR count). The molecular weight excluding hydrogens is 608 g/mol. The second-order valence-electron chi connectivity index (χ2n) is 9.27. The number of amides is 1. The van der Waals surface area contributed by atoms with E-state index in [2.05, 4.69) is 15.0 Å². The maximum Gasteiger partial charge on any atom is 0.387 e. The van der Waals surface area contributed by atoms with Gasteiger partial charge in [-0.2, -0.15) is 18.4 Å². The molecule has 0 saturated heterocycles. The highest BCUT2D eigenvalue weighted by Gasteiger charge is 2.28. The lowest BCUT2D eigenvalue weighted by molar-refractivity contribution is -0.0498. The number of anilines is 1. The molecular formula is C29H28F4N4O8. The Morgan fingerprint density at radius 1 is 0.956 bits per heavy atom. The Labute approximate surface area is 253 Å². The molecule has 16 heteroatoms. The Morgan fingerprint density at radius 3 is 2.13 bits per heavy atom. The molecule has 0 aliphatic heterocycles. The highest BCUT2D eigenvalue weighted by Crippen LogP contribution is 2.35. The van der Waals surface area contributed by atoms with Crippen LogP contribution in [0.4, 0.5) is 23.2 Å². The number of nitrogens with one attached hydrogen (secondary N) is 1. The molecule has 0 bridgehead atoms. The van der Waals surface area contributed by atoms with Crippen LogP contribution < -0.4 is 29.8 Å². The average molecular weight is 637 g/mol. The van der Waals surface area contributed by atoms with Gasteiger partial charge in [-0.1, -0.05) is 0 Å². The summed E-state index contributed by atoms with van der Waals surface area (Å²) in [7, 11) is 5.26. The number of carbonyl (C=O) groups excluding carboxylic acids is 1. The van der Waals surface area contributed by atoms with Crippen molar-refractivity contribution in [2.75, 3.05) is 39.9 Å². The minimum Gasteiger partial charge on any atom is -0.497 e. The summed E-state index contributed by atoms with van der Waals surface area (Å²) in [6.45, 7) is -3.52. The molecule has 0 aliphatic carbocycles. The summed E-state index contributed by atoms with van der Waals surface area (Å²) in [6.07, 6.45) is -0.835. The van der Waals surface area contributed by atoms with Crippen molar-refractivity contribution in [2.45, 2.75) is 12.7 Å². The van der Waals surface area contributed by atoms with Crippen LogP contribution in [0.15, 0.2) is 53.3 Å². The van der Waals surface area contributed by atoms with Crippen LogP contribution in [-0.4, -0.2) is 72.6 Å². The largest absolute Gasteiger partial charge is 0.497 e. The van der Waals surface area contributed by atoms with E-state index in [1.54, 1.807) is 0 Å². The predicted octanol–water partition coefficient (Wildman–Crippen LogP) is 3.77. The van der Waals surface area contributed by atoms with Crippen molar-refractivity contribution in [1.29, 1.82) is 0 Å². The van der Waals surface area contributed by atoms with Gasteiger partial charge in [-0.05, 0) is 24.3 Å². The standard InChI is InChI=1S/C29H28F4N4O8/c1-36-26(24-20(30)9-17(42-3)10-21(24)31)25(35-27(39)15-5-7-16(8-6-15)45-29(32)33)28(40)37(36)22-11-18(43-4)12-23(34-22)44-19(13-38)14-41-2/h5-12,19,29,38H,13-14H2,1-4H3,(H,35,39). The average Bonchev–Trinajstić information content (AvgIpc) is 3.24. The molecule has 1 amide bonds. The van der Waals surface area contributed by atoms with E-state index in [-0.39, 0.29) is 46.8 Å². The van der Waals surface area contributed by atoms with Gasteiger partial charge in [0.25, 0.3) is 11.5 Å². The molecule has 2 aromatic carbocycles. The van der Waals surface area contributed by atoms with Crippen LogP contribution in [0.5, 0.6) is 23.1 Å². The number of halogens is 4. The van der Waals surface area contributed by atoms with Gasteiger partial charge in [0.1, 0.15) is 46.4 Å². The van der Waals surface area contributed by atoms with Crippen LogP contribution in [0.25, 0.3) is 17.1 Å². The number of aliphatic hydroxyl groups excluding tert-OH is 1. The zero-order valence-electron chi connectivity index (χ0n) is 24.3. The summed E-state index contributed by atoms with van der Waals surface area (Å²) in [6, 6.07) is 9.04. The maximum atomic E-state index is 15.4. The van der Waals surface area contributed by atoms with Crippen molar-refractivity contribution in [3.63, 3.8) is 0 Å². The van der Waals surface area contributed by atoms with E-state index in [4.69, 9.17) is 18.9 Å². The SMILES string of the molecule is COCC(CO)Oc1cc(OC)cc(-n2c(=O)c(NC(=O)c3ccc(OC(F)F)cc3)c(-c3c(F)cc(OC)cc3F)n2C)n1. The Hall–Kier alpha value is -5.09. The molecule has 12 nitrogen and oxygen atoms in total. The van der Waals surface area contributed by atoms with E-state index < -0.39 is 53.7 Å². The molecule has 0 saturated carbocycles. The Morgan fingerprint density at radius 2 is 1.58 bits per heavy atom. The first-order chi connectivity index (χ1) is 21.5. The Kier molecular flexibility index (Phi) is 10.3. The number of aliphatic hydroxyl groups is 1. The van der Waals surface area contributed by atoms with Crippen LogP contribution in [0, 0.1) is 11.6 Å². The van der Waals surface area contributed by atoms with Crippen molar-refractivity contribution in [1.82, 2.24) is 14.3 Å². The summed E-state index contributed by atoms with van der Waals surface area (Å²) in [5.74, 6) is -3.56. The lowest BCUT2D eigenvalue weighted by Crippen LogP contribution is -2.27. The van der Waals surface area contributed by atoms with E-state index >= 15 is 8.78 Å². The molecule has 1 unspecified atom stereocenters. The van der Waals surface area contributed by atoms with Crippen molar-refractivity contribution >= 4 is 11.6 Å². The molecule has 2 aromatic heterocycles. The summed E-state index contributed by atoms with van der Waals surface area (Å²) >= 11 is 0. The summed E-state index contributed by atoms with van der Waals surface area (Å²) in [5.41, 5.74) is -2.65. The number of rotatable bonds is 13. The fraction of sp³-hybridized carbons (Fsp3) is 0.276. The van der Waals surface area contributed by atoms with E-state index in [1.165, 1.54) is 40.5 Å². The van der Waals surface area contributed by atoms with Crippen LogP contribution in [0.3, 0.4) is 0 Å². The summed E-state index contributed by atoms with van der Waals surface area (Å²) < 4.78 is 83.1. The number of hydrogen-bond donors (Lipinski definition) is 2. The number of methoxy groups -OCH3 is 3. The predicted molar refractivity (Wildman–Crippen MR) is 152 cm³/mol. The summed E-state index contributed by atoms with van der Waals surface area (Å²) in [4.78, 5) is 31.5. The van der Waals surface area contributed by atoms with Gasteiger partial charge >= 0.3 is 6.61 Å². The molecule has 45 heavy (non-hydrogen) atoms. The molecule has 0 fully saturated rings. The molecule has 1 atom stereocenters. The minimum absolute atomic E-state index is 0.000415. The summed E-state index contributed by atoms with van der Waals surface area (Å²) in [5, 5.41) is 12.0. The number of carbonyl (C=O) groups is 1. The first-order valence-electron chi connectivity index (χ1n) is 13.1. The van der Waals surface area contributed by atoms with E-state index in [1.807, 2.05) is 0 Å². The topological polar surface area (TPSA) is 135 Å². The molecule has 4 aromatic rings. The number of aromatic nitrogens is 3. The van der Waals surface area contributed by atoms with Crippen molar-refractivity contribution in [3.8, 4) is 40.2 Å². The van der Waals surface area contributed by atoms with Crippen LogP contribution in [0.2, 0.25) is 0 Å². The fourth-order valence-electron chi connectivity index (χ4n) is 4.37. The maximum absolute atomic E-state index is 15.4. The zero-order valence-corrected chi connectivity index (χ0v) is 24.3. The molecule has 2 heterocycles. The van der Waals surface area contributed by atoms with Gasteiger partial charge in [-0.25, -0.2) is 8.78 Å². The van der Waals surface area contributed by atoms with Gasteiger partial charge in [-0.15, -0.1) is 0 Å². The van der Waals surface area contributed by atoms with Gasteiger partial charge in [0.2, 0.25) is 5.88 Å². The zero-order chi connectivity index (χ0) is 32.8. The van der Waals surface area contributed by atoms with Gasteiger partial charge in [0.15, 0.2) is 5.82 Å². The molecule has 0 radical (unpaired) electrons. The first kappa shape index (κ1) is 32.8. The third-order valence-electron chi connectivity index (χ3n) is 6.39.